The van der Waals surface area contributed by atoms with Crippen molar-refractivity contribution in [2.45, 2.75) is 45.0 Å². The van der Waals surface area contributed by atoms with Gasteiger partial charge in [-0.25, -0.2) is 18.7 Å². The zero-order chi connectivity index (χ0) is 35.0. The lowest BCUT2D eigenvalue weighted by Crippen LogP contribution is -2.30. The lowest BCUT2D eigenvalue weighted by atomic mass is 9.82. The minimum absolute atomic E-state index is 0.00649. The number of amides is 1. The number of hydrogen-bond acceptors (Lipinski definition) is 6. The van der Waals surface area contributed by atoms with Crippen LogP contribution in [-0.2, 0) is 24.7 Å². The largest absolute Gasteiger partial charge is 0.512 e. The molecule has 3 aromatic heterocycles. The summed E-state index contributed by atoms with van der Waals surface area (Å²) in [6.07, 6.45) is -7.80. The van der Waals surface area contributed by atoms with Gasteiger partial charge in [-0.3, -0.25) is 4.79 Å². The molecule has 0 fully saturated rings. The first kappa shape index (κ1) is 34.4. The molecule has 0 aliphatic carbocycles. The minimum Gasteiger partial charge on any atom is -0.512 e. The molecular weight excluding hydrogens is 657 g/mol. The number of allylic oxidation sites excluding steroid dienone is 1. The first-order valence-corrected chi connectivity index (χ1v) is 14.8. The van der Waals surface area contributed by atoms with Gasteiger partial charge in [0.15, 0.2) is 0 Å². The number of pyridine rings is 2. The molecule has 250 valence electrons. The zero-order valence-electron chi connectivity index (χ0n) is 25.9. The highest BCUT2D eigenvalue weighted by Crippen LogP contribution is 2.35. The summed E-state index contributed by atoms with van der Waals surface area (Å²) in [6, 6.07) is 18.0. The molecule has 0 atom stereocenters. The van der Waals surface area contributed by atoms with Gasteiger partial charge < -0.3 is 19.2 Å². The number of hydrogen-bond donors (Lipinski definition) is 1. The van der Waals surface area contributed by atoms with Gasteiger partial charge in [-0.15, -0.1) is 0 Å². The Morgan fingerprint density at radius 3 is 2.35 bits per heavy atom. The van der Waals surface area contributed by atoms with E-state index in [0.717, 1.165) is 34.2 Å². The average Bonchev–Trinajstić information content (AvgIpc) is 3.53. The number of benzene rings is 2. The predicted octanol–water partition coefficient (Wildman–Crippen LogP) is 9.70. The second-order valence-electron chi connectivity index (χ2n) is 11.5. The summed E-state index contributed by atoms with van der Waals surface area (Å²) in [5.74, 6) is -2.22. The third kappa shape index (κ3) is 7.13. The normalized spacial score (nSPS) is 12.0. The van der Waals surface area contributed by atoms with Crippen LogP contribution in [0.15, 0.2) is 89.6 Å². The summed E-state index contributed by atoms with van der Waals surface area (Å²) in [7, 11) is 1.34. The van der Waals surface area contributed by atoms with Crippen LogP contribution in [0.5, 0.6) is 5.88 Å². The number of methoxy groups -OCH3 is 1. The molecule has 0 aliphatic heterocycles. The Hall–Kier alpha value is -4.97. The van der Waals surface area contributed by atoms with E-state index in [4.69, 9.17) is 20.8 Å². The van der Waals surface area contributed by atoms with Gasteiger partial charge in [0.25, 0.3) is 12.3 Å². The van der Waals surface area contributed by atoms with Crippen molar-refractivity contribution in [2.24, 2.45) is 0 Å². The summed E-state index contributed by atoms with van der Waals surface area (Å²) < 4.78 is 77.9. The van der Waals surface area contributed by atoms with Crippen molar-refractivity contribution in [2.75, 3.05) is 7.11 Å². The Kier molecular flexibility index (Phi) is 9.50. The number of carbonyl (C=O) groups excluding carboxylic acids is 1. The number of halogens is 6. The van der Waals surface area contributed by atoms with Gasteiger partial charge in [-0.05, 0) is 66.4 Å². The highest BCUT2D eigenvalue weighted by atomic mass is 35.5. The summed E-state index contributed by atoms with van der Waals surface area (Å²) in [5, 5.41) is 10.3. The Morgan fingerprint density at radius 1 is 1.00 bits per heavy atom. The monoisotopic (exact) mass is 685 g/mol. The lowest BCUT2D eigenvalue weighted by Gasteiger charge is -2.25. The number of carbonyl (C=O) groups is 1. The van der Waals surface area contributed by atoms with Crippen molar-refractivity contribution in [3.8, 4) is 17.0 Å². The quantitative estimate of drug-likeness (QED) is 0.116. The van der Waals surface area contributed by atoms with Crippen LogP contribution in [0.1, 0.15) is 59.0 Å². The van der Waals surface area contributed by atoms with Crippen molar-refractivity contribution in [3.05, 3.63) is 124 Å². The Balaban J connectivity index is 1.56. The van der Waals surface area contributed by atoms with Crippen LogP contribution in [0, 0.1) is 0 Å². The third-order valence-corrected chi connectivity index (χ3v) is 8.29. The Morgan fingerprint density at radius 2 is 1.73 bits per heavy atom. The van der Waals surface area contributed by atoms with E-state index >= 15 is 0 Å². The number of fused-ring (bicyclic) bond motifs is 1. The van der Waals surface area contributed by atoms with Crippen LogP contribution >= 0.6 is 11.6 Å². The first-order chi connectivity index (χ1) is 22.6. The molecular formula is C35H29ClF5N3O4. The van der Waals surface area contributed by atoms with E-state index in [-0.39, 0.29) is 45.6 Å². The molecule has 0 bridgehead atoms. The number of aliphatic hydroxyl groups is 1. The van der Waals surface area contributed by atoms with Crippen LogP contribution < -0.4 is 4.74 Å². The second kappa shape index (κ2) is 13.3. The number of aliphatic hydroxyl groups excluding tert-OH is 1. The van der Waals surface area contributed by atoms with Crippen LogP contribution in [0.3, 0.4) is 0 Å². The smallest absolute Gasteiger partial charge is 0.449 e. The van der Waals surface area contributed by atoms with Gasteiger partial charge in [-0.1, -0.05) is 54.6 Å². The van der Waals surface area contributed by atoms with E-state index in [1.165, 1.54) is 19.2 Å². The Bertz CT molecular complexity index is 2010. The lowest BCUT2D eigenvalue weighted by molar-refractivity contribution is -0.153. The van der Waals surface area contributed by atoms with Crippen LogP contribution in [0.4, 0.5) is 22.0 Å². The average molecular weight is 686 g/mol. The fourth-order valence-corrected chi connectivity index (χ4v) is 5.23. The maximum atomic E-state index is 14.2. The molecule has 0 saturated heterocycles. The number of nitrogens with zero attached hydrogens (tertiary/aromatic N) is 3. The fraction of sp³-hybridized carbons (Fsp3) is 0.229. The molecule has 0 aliphatic rings. The standard InChI is InChI=1S/C35H29ClF5N3O4/c1-19(45)34(2,3)23-7-5-6-20(14-23)21-8-9-22(26(36)15-21)17-44(18-24-10-12-29(48-24)35(39,40)41)33(46)25-16-28(32(37)38)42-27-11-13-30(47-4)43-31(25)27/h5-16,32,45H,1,17-18H2,2-4H3. The van der Waals surface area contributed by atoms with E-state index in [0.29, 0.717) is 11.1 Å². The number of aromatic nitrogens is 2. The molecule has 2 aromatic carbocycles. The summed E-state index contributed by atoms with van der Waals surface area (Å²) in [4.78, 5) is 23.5. The minimum atomic E-state index is -4.77. The zero-order valence-corrected chi connectivity index (χ0v) is 26.7. The summed E-state index contributed by atoms with van der Waals surface area (Å²) >= 11 is 6.72. The second-order valence-corrected chi connectivity index (χ2v) is 11.9. The molecule has 5 aromatic rings. The third-order valence-electron chi connectivity index (χ3n) is 7.94. The van der Waals surface area contributed by atoms with E-state index in [2.05, 4.69) is 16.5 Å². The van der Waals surface area contributed by atoms with Crippen molar-refractivity contribution in [1.82, 2.24) is 14.9 Å². The number of rotatable bonds is 10. The molecule has 0 unspecified atom stereocenters. The predicted molar refractivity (Wildman–Crippen MR) is 170 cm³/mol. The Labute approximate surface area is 277 Å². The van der Waals surface area contributed by atoms with Crippen molar-refractivity contribution in [3.63, 3.8) is 0 Å². The highest BCUT2D eigenvalue weighted by molar-refractivity contribution is 6.31. The summed E-state index contributed by atoms with van der Waals surface area (Å²) in [5.41, 5.74) is 0.975. The fourth-order valence-electron chi connectivity index (χ4n) is 4.99. The van der Waals surface area contributed by atoms with E-state index in [1.807, 2.05) is 38.1 Å². The number of ether oxygens (including phenoxy) is 1. The molecule has 1 amide bonds. The highest BCUT2D eigenvalue weighted by Gasteiger charge is 2.35. The van der Waals surface area contributed by atoms with Crippen molar-refractivity contribution >= 4 is 28.5 Å². The van der Waals surface area contributed by atoms with Gasteiger partial charge in [0, 0.05) is 23.0 Å². The van der Waals surface area contributed by atoms with Crippen LogP contribution in [0.25, 0.3) is 22.2 Å². The molecule has 7 nitrogen and oxygen atoms in total. The van der Waals surface area contributed by atoms with Crippen LogP contribution in [0.2, 0.25) is 5.02 Å². The van der Waals surface area contributed by atoms with E-state index in [1.54, 1.807) is 18.2 Å². The molecule has 1 N–H and O–H groups in total. The molecule has 13 heteroatoms. The summed E-state index contributed by atoms with van der Waals surface area (Å²) in [6.45, 7) is 6.62. The van der Waals surface area contributed by atoms with Gasteiger partial charge in [0.2, 0.25) is 11.6 Å². The molecule has 48 heavy (non-hydrogen) atoms. The van der Waals surface area contributed by atoms with E-state index < -0.39 is 41.9 Å². The molecule has 0 spiro atoms. The maximum Gasteiger partial charge on any atom is 0.449 e. The molecule has 0 saturated carbocycles. The maximum absolute atomic E-state index is 14.2. The van der Waals surface area contributed by atoms with Gasteiger partial charge in [0.05, 0.1) is 30.5 Å². The SMILES string of the molecule is C=C(O)C(C)(C)c1cccc(-c2ccc(CN(Cc3ccc(C(F)(F)F)o3)C(=O)c3cc(C(F)F)nc4ccc(OC)nc34)c(Cl)c2)c1. The van der Waals surface area contributed by atoms with Crippen molar-refractivity contribution < 1.29 is 41.0 Å². The van der Waals surface area contributed by atoms with E-state index in [9.17, 15) is 31.9 Å². The van der Waals surface area contributed by atoms with Gasteiger partial charge in [-0.2, -0.15) is 13.2 Å². The molecule has 5 rings (SSSR count). The van der Waals surface area contributed by atoms with Gasteiger partial charge in [0.1, 0.15) is 17.0 Å². The van der Waals surface area contributed by atoms with Crippen LogP contribution in [-0.4, -0.2) is 33.0 Å². The van der Waals surface area contributed by atoms with Crippen molar-refractivity contribution in [1.29, 1.82) is 0 Å². The number of alkyl halides is 5. The molecule has 3 heterocycles. The number of furan rings is 1. The van der Waals surface area contributed by atoms with Gasteiger partial charge >= 0.3 is 6.18 Å². The molecule has 0 radical (unpaired) electrons. The topological polar surface area (TPSA) is 88.7 Å². The first-order valence-electron chi connectivity index (χ1n) is 14.4.